The van der Waals surface area contributed by atoms with Crippen LogP contribution < -0.4 is 10.2 Å². The molecule has 1 saturated heterocycles. The van der Waals surface area contributed by atoms with Crippen molar-refractivity contribution in [3.63, 3.8) is 0 Å². The lowest BCUT2D eigenvalue weighted by atomic mass is 9.82. The van der Waals surface area contributed by atoms with Crippen LogP contribution in [-0.2, 0) is 6.54 Å². The highest BCUT2D eigenvalue weighted by Gasteiger charge is 2.36. The van der Waals surface area contributed by atoms with Gasteiger partial charge in [-0.1, -0.05) is 20.8 Å². The molecule has 3 heterocycles. The molecule has 1 fully saturated rings. The number of nitrogens with zero attached hydrogens (tertiary/aromatic N) is 3. The zero-order valence-electron chi connectivity index (χ0n) is 13.4. The van der Waals surface area contributed by atoms with Crippen LogP contribution in [0.15, 0.2) is 11.6 Å². The van der Waals surface area contributed by atoms with Crippen molar-refractivity contribution in [1.82, 2.24) is 14.7 Å². The smallest absolute Gasteiger partial charge is 0.195 e. The van der Waals surface area contributed by atoms with Crippen LogP contribution in [0.25, 0.3) is 4.96 Å². The van der Waals surface area contributed by atoms with E-state index in [9.17, 15) is 0 Å². The van der Waals surface area contributed by atoms with E-state index in [0.29, 0.717) is 5.41 Å². The summed E-state index contributed by atoms with van der Waals surface area (Å²) in [5, 5.41) is 5.58. The van der Waals surface area contributed by atoms with Crippen LogP contribution in [0.4, 0.5) is 5.82 Å². The van der Waals surface area contributed by atoms with E-state index in [0.717, 1.165) is 31.1 Å². The number of rotatable bonds is 6. The van der Waals surface area contributed by atoms with Crippen molar-refractivity contribution in [3.05, 3.63) is 17.3 Å². The van der Waals surface area contributed by atoms with Crippen LogP contribution in [0.2, 0.25) is 0 Å². The van der Waals surface area contributed by atoms with E-state index in [2.05, 4.69) is 47.0 Å². The van der Waals surface area contributed by atoms with Crippen LogP contribution in [0.1, 0.15) is 45.7 Å². The lowest BCUT2D eigenvalue weighted by Gasteiger charge is -2.26. The van der Waals surface area contributed by atoms with Gasteiger partial charge in [0.05, 0.1) is 5.69 Å². The van der Waals surface area contributed by atoms with E-state index in [1.807, 2.05) is 0 Å². The highest BCUT2D eigenvalue weighted by atomic mass is 32.1. The molecule has 1 aliphatic heterocycles. The summed E-state index contributed by atoms with van der Waals surface area (Å²) >= 11 is 1.72. The maximum absolute atomic E-state index is 4.91. The van der Waals surface area contributed by atoms with Gasteiger partial charge < -0.3 is 10.2 Å². The third kappa shape index (κ3) is 2.57. The maximum atomic E-state index is 4.91. The van der Waals surface area contributed by atoms with Crippen LogP contribution >= 0.6 is 11.3 Å². The minimum atomic E-state index is 0.493. The summed E-state index contributed by atoms with van der Waals surface area (Å²) in [6, 6.07) is 0. The van der Waals surface area contributed by atoms with E-state index in [-0.39, 0.29) is 0 Å². The molecule has 0 amide bonds. The average Bonchev–Trinajstić information content (AvgIpc) is 3.19. The van der Waals surface area contributed by atoms with E-state index in [1.54, 1.807) is 11.3 Å². The van der Waals surface area contributed by atoms with E-state index >= 15 is 0 Å². The molecule has 2 aromatic rings. The molecule has 5 heteroatoms. The predicted molar refractivity (Wildman–Crippen MR) is 90.3 cm³/mol. The third-order valence-electron chi connectivity index (χ3n) is 5.12. The first-order valence-electron chi connectivity index (χ1n) is 8.13. The molecule has 0 atom stereocenters. The number of thiazole rings is 1. The Kier molecular flexibility index (Phi) is 4.22. The van der Waals surface area contributed by atoms with Crippen LogP contribution in [-0.4, -0.2) is 29.0 Å². The van der Waals surface area contributed by atoms with Crippen molar-refractivity contribution < 1.29 is 0 Å². The molecule has 0 bridgehead atoms. The fraction of sp³-hybridized carbons (Fsp3) is 0.688. The van der Waals surface area contributed by atoms with Gasteiger partial charge in [-0.2, -0.15) is 0 Å². The second kappa shape index (κ2) is 5.97. The van der Waals surface area contributed by atoms with E-state index < -0.39 is 0 Å². The van der Waals surface area contributed by atoms with Gasteiger partial charge in [0.25, 0.3) is 0 Å². The van der Waals surface area contributed by atoms with Gasteiger partial charge in [0.1, 0.15) is 0 Å². The van der Waals surface area contributed by atoms with Crippen molar-refractivity contribution in [2.45, 2.75) is 46.6 Å². The summed E-state index contributed by atoms with van der Waals surface area (Å²) in [6.07, 6.45) is 5.98. The van der Waals surface area contributed by atoms with Gasteiger partial charge in [-0.25, -0.2) is 4.98 Å². The number of hydrogen-bond acceptors (Lipinski definition) is 4. The zero-order chi connectivity index (χ0) is 14.9. The molecule has 1 N–H and O–H groups in total. The molecule has 0 spiro atoms. The minimum Gasteiger partial charge on any atom is -0.354 e. The summed E-state index contributed by atoms with van der Waals surface area (Å²) in [5.41, 5.74) is 1.81. The molecule has 2 aromatic heterocycles. The molecule has 0 aliphatic carbocycles. The Balaban J connectivity index is 1.91. The fourth-order valence-electron chi connectivity index (χ4n) is 3.43. The van der Waals surface area contributed by atoms with Crippen molar-refractivity contribution in [2.75, 3.05) is 24.5 Å². The van der Waals surface area contributed by atoms with Gasteiger partial charge in [0.2, 0.25) is 0 Å². The van der Waals surface area contributed by atoms with Crippen molar-refractivity contribution in [2.24, 2.45) is 5.41 Å². The maximum Gasteiger partial charge on any atom is 0.195 e. The number of aromatic nitrogens is 2. The lowest BCUT2D eigenvalue weighted by molar-refractivity contribution is 0.301. The molecule has 21 heavy (non-hydrogen) atoms. The van der Waals surface area contributed by atoms with Gasteiger partial charge in [0, 0.05) is 31.2 Å². The van der Waals surface area contributed by atoms with Crippen molar-refractivity contribution in [1.29, 1.82) is 0 Å². The van der Waals surface area contributed by atoms with Gasteiger partial charge in [-0.3, -0.25) is 4.40 Å². The Morgan fingerprint density at radius 2 is 2.14 bits per heavy atom. The number of hydrogen-bond donors (Lipinski definition) is 1. The quantitative estimate of drug-likeness (QED) is 0.886. The summed E-state index contributed by atoms with van der Waals surface area (Å²) in [4.78, 5) is 8.54. The zero-order valence-corrected chi connectivity index (χ0v) is 14.2. The van der Waals surface area contributed by atoms with Crippen molar-refractivity contribution >= 4 is 22.1 Å². The number of fused-ring (bicyclic) bond motifs is 1. The first-order valence-corrected chi connectivity index (χ1v) is 9.01. The van der Waals surface area contributed by atoms with Crippen LogP contribution in [0, 0.1) is 5.41 Å². The molecule has 4 nitrogen and oxygen atoms in total. The Morgan fingerprint density at radius 3 is 2.81 bits per heavy atom. The Hall–Kier alpha value is -1.07. The number of imidazole rings is 1. The summed E-state index contributed by atoms with van der Waals surface area (Å²) in [5.74, 6) is 1.20. The summed E-state index contributed by atoms with van der Waals surface area (Å²) in [7, 11) is 0. The van der Waals surface area contributed by atoms with Crippen molar-refractivity contribution in [3.8, 4) is 0 Å². The SMILES string of the molecule is CCNCc1c(N2CCC(CC)(CC)C2)nc2sccn12. The second-order valence-electron chi connectivity index (χ2n) is 6.10. The normalized spacial score (nSPS) is 18.0. The topological polar surface area (TPSA) is 32.6 Å². The molecule has 3 rings (SSSR count). The fourth-order valence-corrected chi connectivity index (χ4v) is 4.15. The molecular weight excluding hydrogens is 280 g/mol. The summed E-state index contributed by atoms with van der Waals surface area (Å²) in [6.45, 7) is 11.0. The van der Waals surface area contributed by atoms with Gasteiger partial charge in [-0.05, 0) is 31.2 Å². The minimum absolute atomic E-state index is 0.493. The third-order valence-corrected chi connectivity index (χ3v) is 5.88. The van der Waals surface area contributed by atoms with Crippen LogP contribution in [0.5, 0.6) is 0 Å². The van der Waals surface area contributed by atoms with Crippen LogP contribution in [0.3, 0.4) is 0 Å². The Labute approximate surface area is 131 Å². The predicted octanol–water partition coefficient (Wildman–Crippen LogP) is 3.52. The first kappa shape index (κ1) is 14.9. The van der Waals surface area contributed by atoms with Gasteiger partial charge >= 0.3 is 0 Å². The highest BCUT2D eigenvalue weighted by molar-refractivity contribution is 7.15. The monoisotopic (exact) mass is 306 g/mol. The average molecular weight is 306 g/mol. The molecule has 0 radical (unpaired) electrons. The second-order valence-corrected chi connectivity index (χ2v) is 6.97. The standard InChI is InChI=1S/C16H26N4S/c1-4-16(5-2)7-8-19(12-16)14-13(11-17-6-3)20-9-10-21-15(20)18-14/h9-10,17H,4-8,11-12H2,1-3H3. The Morgan fingerprint density at radius 1 is 1.33 bits per heavy atom. The lowest BCUT2D eigenvalue weighted by Crippen LogP contribution is -2.27. The molecule has 1 aliphatic rings. The number of nitrogens with one attached hydrogen (secondary N) is 1. The largest absolute Gasteiger partial charge is 0.354 e. The molecule has 0 unspecified atom stereocenters. The molecule has 0 aromatic carbocycles. The Bertz CT molecular complexity index is 596. The molecule has 0 saturated carbocycles. The molecule has 116 valence electrons. The van der Waals surface area contributed by atoms with E-state index in [4.69, 9.17) is 4.98 Å². The molecular formula is C16H26N4S. The van der Waals surface area contributed by atoms with Gasteiger partial charge in [0.15, 0.2) is 10.8 Å². The highest BCUT2D eigenvalue weighted by Crippen LogP contribution is 2.40. The first-order chi connectivity index (χ1) is 10.2. The summed E-state index contributed by atoms with van der Waals surface area (Å²) < 4.78 is 2.25. The van der Waals surface area contributed by atoms with Gasteiger partial charge in [-0.15, -0.1) is 11.3 Å². The number of anilines is 1. The van der Waals surface area contributed by atoms with E-state index in [1.165, 1.54) is 30.8 Å².